The van der Waals surface area contributed by atoms with Gasteiger partial charge in [-0.2, -0.15) is 0 Å². The Morgan fingerprint density at radius 3 is 2.74 bits per heavy atom. The minimum Gasteiger partial charge on any atom is -0.328 e. The van der Waals surface area contributed by atoms with Crippen LogP contribution in [0.4, 0.5) is 0 Å². The van der Waals surface area contributed by atoms with E-state index in [0.717, 1.165) is 18.5 Å². The Labute approximate surface area is 116 Å². The Kier molecular flexibility index (Phi) is 4.97. The highest BCUT2D eigenvalue weighted by Crippen LogP contribution is 2.17. The summed E-state index contributed by atoms with van der Waals surface area (Å²) in [5.41, 5.74) is 2.40. The highest BCUT2D eigenvalue weighted by atomic mass is 15.1. The molecule has 0 bridgehead atoms. The minimum atomic E-state index is 0.639. The first-order valence-corrected chi connectivity index (χ1v) is 7.41. The fourth-order valence-electron chi connectivity index (χ4n) is 2.69. The Hall–Kier alpha value is -1.35. The molecule has 19 heavy (non-hydrogen) atoms. The van der Waals surface area contributed by atoms with Crippen molar-refractivity contribution in [1.82, 2.24) is 14.9 Å². The monoisotopic (exact) mass is 259 g/mol. The van der Waals surface area contributed by atoms with Gasteiger partial charge >= 0.3 is 0 Å². The Morgan fingerprint density at radius 2 is 2.05 bits per heavy atom. The molecule has 0 aliphatic rings. The lowest BCUT2D eigenvalue weighted by Gasteiger charge is -2.14. The molecule has 1 aromatic heterocycles. The molecule has 1 N–H and O–H groups in total. The van der Waals surface area contributed by atoms with Gasteiger partial charge in [0.05, 0.1) is 11.0 Å². The van der Waals surface area contributed by atoms with Crippen molar-refractivity contribution < 1.29 is 0 Å². The van der Waals surface area contributed by atoms with E-state index in [2.05, 4.69) is 55.0 Å². The van der Waals surface area contributed by atoms with Gasteiger partial charge in [0.1, 0.15) is 5.82 Å². The molecule has 3 nitrogen and oxygen atoms in total. The standard InChI is InChI=1S/C16H25N3/c1-4-13(17-3)9-8-12-19-15-11-7-6-10-14(15)18-16(19)5-2/h6-7,10-11,13,17H,4-5,8-9,12H2,1-3H3. The van der Waals surface area contributed by atoms with Crippen molar-refractivity contribution in [2.24, 2.45) is 0 Å². The molecule has 0 amide bonds. The molecule has 0 aliphatic carbocycles. The number of aryl methyl sites for hydroxylation is 2. The number of nitrogens with zero attached hydrogens (tertiary/aromatic N) is 2. The molecule has 2 rings (SSSR count). The van der Waals surface area contributed by atoms with E-state index in [1.165, 1.54) is 30.6 Å². The zero-order chi connectivity index (χ0) is 13.7. The molecule has 0 saturated heterocycles. The quantitative estimate of drug-likeness (QED) is 0.826. The molecule has 0 saturated carbocycles. The zero-order valence-electron chi connectivity index (χ0n) is 12.3. The van der Waals surface area contributed by atoms with Gasteiger partial charge in [-0.15, -0.1) is 0 Å². The average Bonchev–Trinajstić information content (AvgIpc) is 2.82. The molecule has 1 unspecified atom stereocenters. The summed E-state index contributed by atoms with van der Waals surface area (Å²) in [5, 5.41) is 3.37. The summed E-state index contributed by atoms with van der Waals surface area (Å²) in [7, 11) is 2.05. The van der Waals surface area contributed by atoms with Gasteiger partial charge in [0.25, 0.3) is 0 Å². The lowest BCUT2D eigenvalue weighted by molar-refractivity contribution is 0.468. The summed E-state index contributed by atoms with van der Waals surface area (Å²) in [4.78, 5) is 4.72. The topological polar surface area (TPSA) is 29.9 Å². The minimum absolute atomic E-state index is 0.639. The molecule has 1 heterocycles. The first-order valence-electron chi connectivity index (χ1n) is 7.41. The van der Waals surface area contributed by atoms with Gasteiger partial charge in [-0.1, -0.05) is 26.0 Å². The number of imidazole rings is 1. The summed E-state index contributed by atoms with van der Waals surface area (Å²) < 4.78 is 2.39. The van der Waals surface area contributed by atoms with Crippen LogP contribution in [0.2, 0.25) is 0 Å². The van der Waals surface area contributed by atoms with E-state index >= 15 is 0 Å². The number of aromatic nitrogens is 2. The predicted molar refractivity (Wildman–Crippen MR) is 81.5 cm³/mol. The molecule has 0 spiro atoms. The number of benzene rings is 1. The van der Waals surface area contributed by atoms with Gasteiger partial charge in [-0.3, -0.25) is 0 Å². The molecule has 2 aromatic rings. The van der Waals surface area contributed by atoms with Crippen LogP contribution in [0.25, 0.3) is 11.0 Å². The van der Waals surface area contributed by atoms with Crippen LogP contribution in [0, 0.1) is 0 Å². The molecule has 1 atom stereocenters. The van der Waals surface area contributed by atoms with E-state index in [4.69, 9.17) is 4.98 Å². The summed E-state index contributed by atoms with van der Waals surface area (Å²) in [6.07, 6.45) is 4.62. The summed E-state index contributed by atoms with van der Waals surface area (Å²) in [6, 6.07) is 9.08. The van der Waals surface area contributed by atoms with E-state index in [-0.39, 0.29) is 0 Å². The lowest BCUT2D eigenvalue weighted by Crippen LogP contribution is -2.24. The van der Waals surface area contributed by atoms with Crippen LogP contribution >= 0.6 is 0 Å². The second-order valence-electron chi connectivity index (χ2n) is 5.06. The number of para-hydroxylation sites is 2. The number of hydrogen-bond acceptors (Lipinski definition) is 2. The molecular formula is C16H25N3. The van der Waals surface area contributed by atoms with Crippen molar-refractivity contribution in [3.8, 4) is 0 Å². The van der Waals surface area contributed by atoms with E-state index in [1.54, 1.807) is 0 Å². The second kappa shape index (κ2) is 6.71. The maximum absolute atomic E-state index is 4.72. The molecule has 0 radical (unpaired) electrons. The SMILES string of the molecule is CCc1nc2ccccc2n1CCCC(CC)NC. The number of rotatable bonds is 7. The molecule has 104 valence electrons. The molecule has 1 aromatic carbocycles. The van der Waals surface area contributed by atoms with Gasteiger partial charge in [0, 0.05) is 19.0 Å². The molecule has 0 aliphatic heterocycles. The smallest absolute Gasteiger partial charge is 0.109 e. The fourth-order valence-corrected chi connectivity index (χ4v) is 2.69. The maximum atomic E-state index is 4.72. The maximum Gasteiger partial charge on any atom is 0.109 e. The van der Waals surface area contributed by atoms with Crippen LogP contribution in [-0.2, 0) is 13.0 Å². The van der Waals surface area contributed by atoms with Crippen LogP contribution in [-0.4, -0.2) is 22.6 Å². The van der Waals surface area contributed by atoms with Gasteiger partial charge < -0.3 is 9.88 Å². The molecule has 3 heteroatoms. The summed E-state index contributed by atoms with van der Waals surface area (Å²) in [5.74, 6) is 1.21. The third-order valence-electron chi connectivity index (χ3n) is 3.89. The fraction of sp³-hybridized carbons (Fsp3) is 0.562. The van der Waals surface area contributed by atoms with Crippen LogP contribution in [0.5, 0.6) is 0 Å². The van der Waals surface area contributed by atoms with Crippen molar-refractivity contribution in [1.29, 1.82) is 0 Å². The third kappa shape index (κ3) is 3.16. The second-order valence-corrected chi connectivity index (χ2v) is 5.06. The van der Waals surface area contributed by atoms with Crippen molar-refractivity contribution >= 4 is 11.0 Å². The van der Waals surface area contributed by atoms with E-state index in [9.17, 15) is 0 Å². The van der Waals surface area contributed by atoms with Crippen LogP contribution in [0.1, 0.15) is 38.9 Å². The van der Waals surface area contributed by atoms with Gasteiger partial charge in [-0.05, 0) is 38.4 Å². The van der Waals surface area contributed by atoms with Crippen LogP contribution in [0.3, 0.4) is 0 Å². The Balaban J connectivity index is 2.10. The first-order chi connectivity index (χ1) is 9.30. The third-order valence-corrected chi connectivity index (χ3v) is 3.89. The Bertz CT molecular complexity index is 512. The number of hydrogen-bond donors (Lipinski definition) is 1. The van der Waals surface area contributed by atoms with Gasteiger partial charge in [0.2, 0.25) is 0 Å². The summed E-state index contributed by atoms with van der Waals surface area (Å²) in [6.45, 7) is 5.49. The van der Waals surface area contributed by atoms with Crippen molar-refractivity contribution in [2.45, 2.75) is 52.1 Å². The largest absolute Gasteiger partial charge is 0.328 e. The summed E-state index contributed by atoms with van der Waals surface area (Å²) >= 11 is 0. The van der Waals surface area contributed by atoms with Crippen LogP contribution < -0.4 is 5.32 Å². The number of nitrogens with one attached hydrogen (secondary N) is 1. The lowest BCUT2D eigenvalue weighted by atomic mass is 10.1. The highest BCUT2D eigenvalue weighted by molar-refractivity contribution is 5.75. The molecule has 0 fully saturated rings. The van der Waals surface area contributed by atoms with Gasteiger partial charge in [-0.25, -0.2) is 4.98 Å². The van der Waals surface area contributed by atoms with Crippen molar-refractivity contribution in [3.63, 3.8) is 0 Å². The Morgan fingerprint density at radius 1 is 1.26 bits per heavy atom. The van der Waals surface area contributed by atoms with E-state index in [0.29, 0.717) is 6.04 Å². The van der Waals surface area contributed by atoms with Gasteiger partial charge in [0.15, 0.2) is 0 Å². The van der Waals surface area contributed by atoms with E-state index in [1.807, 2.05) is 0 Å². The highest BCUT2D eigenvalue weighted by Gasteiger charge is 2.09. The first kappa shape index (κ1) is 14.1. The zero-order valence-corrected chi connectivity index (χ0v) is 12.3. The predicted octanol–water partition coefficient (Wildman–Crippen LogP) is 3.38. The average molecular weight is 259 g/mol. The van der Waals surface area contributed by atoms with Crippen molar-refractivity contribution in [2.75, 3.05) is 7.05 Å². The number of fused-ring (bicyclic) bond motifs is 1. The van der Waals surface area contributed by atoms with E-state index < -0.39 is 0 Å². The normalized spacial score (nSPS) is 13.0. The van der Waals surface area contributed by atoms with Crippen LogP contribution in [0.15, 0.2) is 24.3 Å². The molecular weight excluding hydrogens is 234 g/mol. The van der Waals surface area contributed by atoms with Crippen molar-refractivity contribution in [3.05, 3.63) is 30.1 Å².